The molecule has 8 nitrogen and oxygen atoms in total. The maximum Gasteiger partial charge on any atom is 0.343 e. The van der Waals surface area contributed by atoms with Gasteiger partial charge in [0.05, 0.1) is 10.5 Å². The average molecular weight is 501 g/mol. The number of aromatic nitrogens is 2. The topological polar surface area (TPSA) is 98.8 Å². The highest BCUT2D eigenvalue weighted by molar-refractivity contribution is 5.93. The molecule has 2 aromatic heterocycles. The molecule has 0 aliphatic rings. The van der Waals surface area contributed by atoms with E-state index in [1.54, 1.807) is 25.1 Å². The molecule has 0 fully saturated rings. The van der Waals surface area contributed by atoms with Crippen LogP contribution in [0.2, 0.25) is 0 Å². The molecular weight excluding hydrogens is 468 g/mol. The van der Waals surface area contributed by atoms with Gasteiger partial charge in [-0.2, -0.15) is 0 Å². The summed E-state index contributed by atoms with van der Waals surface area (Å²) in [5.74, 6) is 0.428. The van der Waals surface area contributed by atoms with Crippen molar-refractivity contribution < 1.29 is 14.5 Å². The van der Waals surface area contributed by atoms with E-state index < -0.39 is 10.9 Å². The van der Waals surface area contributed by atoms with Gasteiger partial charge in [0.15, 0.2) is 0 Å². The van der Waals surface area contributed by atoms with Gasteiger partial charge in [-0.3, -0.25) is 14.5 Å². The van der Waals surface area contributed by atoms with Gasteiger partial charge in [0.1, 0.15) is 22.9 Å². The molecule has 0 unspecified atom stereocenters. The molecule has 0 spiro atoms. The Morgan fingerprint density at radius 1 is 1.05 bits per heavy atom. The highest BCUT2D eigenvalue weighted by atomic mass is 16.6. The number of benzene rings is 2. The summed E-state index contributed by atoms with van der Waals surface area (Å²) in [6.45, 7) is 12.5. The van der Waals surface area contributed by atoms with Crippen molar-refractivity contribution in [3.63, 3.8) is 0 Å². The van der Waals surface area contributed by atoms with E-state index in [0.29, 0.717) is 22.6 Å². The second kappa shape index (κ2) is 9.69. The minimum absolute atomic E-state index is 0.0985. The molecule has 1 N–H and O–H groups in total. The van der Waals surface area contributed by atoms with Crippen molar-refractivity contribution in [3.8, 4) is 17.0 Å². The summed E-state index contributed by atoms with van der Waals surface area (Å²) >= 11 is 0. The quantitative estimate of drug-likeness (QED) is 0.126. The second-order valence-corrected chi connectivity index (χ2v) is 11.1. The Morgan fingerprint density at radius 3 is 2.46 bits per heavy atom. The molecule has 8 heteroatoms. The Bertz CT molecular complexity index is 1480. The third-order valence-corrected chi connectivity index (χ3v) is 5.95. The summed E-state index contributed by atoms with van der Waals surface area (Å²) in [6, 6.07) is 17.3. The van der Waals surface area contributed by atoms with Crippen LogP contribution in [-0.4, -0.2) is 25.8 Å². The Balaban J connectivity index is 1.76. The first-order chi connectivity index (χ1) is 17.3. The number of aryl methyl sites for hydroxylation is 1. The SMILES string of the molecule is Cc1ccc(C(=O)Oc2ccccc2-c2nc3ccccn3c2NC(C)(C)CC(C)(C)C)cc1[N+](=O)[O-]. The number of pyridine rings is 1. The first-order valence-electron chi connectivity index (χ1n) is 12.2. The second-order valence-electron chi connectivity index (χ2n) is 11.1. The number of para-hydroxylation sites is 1. The number of carbonyl (C=O) groups is 1. The van der Waals surface area contributed by atoms with Crippen LogP contribution in [-0.2, 0) is 0 Å². The number of anilines is 1. The molecular formula is C29H32N4O4. The maximum atomic E-state index is 13.0. The van der Waals surface area contributed by atoms with Gasteiger partial charge in [-0.05, 0) is 62.9 Å². The van der Waals surface area contributed by atoms with Gasteiger partial charge >= 0.3 is 5.97 Å². The summed E-state index contributed by atoms with van der Waals surface area (Å²) in [6.07, 6.45) is 2.85. The maximum absolute atomic E-state index is 13.0. The van der Waals surface area contributed by atoms with E-state index in [-0.39, 0.29) is 22.2 Å². The number of hydrogen-bond donors (Lipinski definition) is 1. The van der Waals surface area contributed by atoms with E-state index in [1.807, 2.05) is 40.9 Å². The number of nitro groups is 1. The average Bonchev–Trinajstić information content (AvgIpc) is 3.15. The summed E-state index contributed by atoms with van der Waals surface area (Å²) in [5.41, 5.74) is 2.32. The number of nitro benzene ring substituents is 1. The van der Waals surface area contributed by atoms with Crippen LogP contribution in [0.4, 0.5) is 11.5 Å². The minimum Gasteiger partial charge on any atom is -0.422 e. The zero-order chi connectivity index (χ0) is 27.0. The van der Waals surface area contributed by atoms with Crippen LogP contribution in [0, 0.1) is 22.5 Å². The Hall–Kier alpha value is -4.20. The van der Waals surface area contributed by atoms with Crippen molar-refractivity contribution >= 4 is 23.1 Å². The molecule has 2 aromatic carbocycles. The highest BCUT2D eigenvalue weighted by Gasteiger charge is 2.29. The molecule has 0 saturated carbocycles. The van der Waals surface area contributed by atoms with Crippen molar-refractivity contribution in [3.05, 3.63) is 88.1 Å². The van der Waals surface area contributed by atoms with Gasteiger partial charge in [0.2, 0.25) is 0 Å². The summed E-state index contributed by atoms with van der Waals surface area (Å²) < 4.78 is 7.77. The number of nitrogens with one attached hydrogen (secondary N) is 1. The van der Waals surface area contributed by atoms with Crippen molar-refractivity contribution in [2.45, 2.75) is 53.5 Å². The van der Waals surface area contributed by atoms with Crippen LogP contribution < -0.4 is 10.1 Å². The lowest BCUT2D eigenvalue weighted by atomic mass is 9.82. The largest absolute Gasteiger partial charge is 0.422 e. The normalized spacial score (nSPS) is 11.9. The Labute approximate surface area is 216 Å². The van der Waals surface area contributed by atoms with Crippen LogP contribution in [0.5, 0.6) is 5.75 Å². The van der Waals surface area contributed by atoms with Gasteiger partial charge in [0, 0.05) is 28.9 Å². The number of hydrogen-bond acceptors (Lipinski definition) is 6. The van der Waals surface area contributed by atoms with Crippen LogP contribution in [0.1, 0.15) is 57.0 Å². The van der Waals surface area contributed by atoms with E-state index in [9.17, 15) is 14.9 Å². The fraction of sp³-hybridized carbons (Fsp3) is 0.310. The van der Waals surface area contributed by atoms with E-state index in [1.165, 1.54) is 12.1 Å². The molecule has 0 bridgehead atoms. The smallest absolute Gasteiger partial charge is 0.343 e. The number of carbonyl (C=O) groups excluding carboxylic acids is 1. The minimum atomic E-state index is -0.679. The van der Waals surface area contributed by atoms with Crippen LogP contribution in [0.3, 0.4) is 0 Å². The number of ether oxygens (including phenoxy) is 1. The van der Waals surface area contributed by atoms with Crippen LogP contribution in [0.15, 0.2) is 66.9 Å². The molecule has 4 rings (SSSR count). The third kappa shape index (κ3) is 5.80. The number of rotatable bonds is 7. The predicted molar refractivity (Wildman–Crippen MR) is 145 cm³/mol. The zero-order valence-electron chi connectivity index (χ0n) is 22.0. The highest BCUT2D eigenvalue weighted by Crippen LogP contribution is 2.38. The fourth-order valence-electron chi connectivity index (χ4n) is 4.84. The fourth-order valence-corrected chi connectivity index (χ4v) is 4.84. The lowest BCUT2D eigenvalue weighted by Gasteiger charge is -2.34. The van der Waals surface area contributed by atoms with Crippen molar-refractivity contribution in [2.24, 2.45) is 5.41 Å². The molecule has 0 amide bonds. The standard InChI is InChI=1S/C29H32N4O4/c1-19-14-15-20(17-22(19)33(35)36)27(34)37-23-12-8-7-11-21(23)25-26(31-29(5,6)18-28(2,3)4)32-16-10-9-13-24(32)30-25/h7-17,31H,18H2,1-6H3. The molecule has 0 aliphatic carbocycles. The predicted octanol–water partition coefficient (Wildman–Crippen LogP) is 7.06. The number of imidazole rings is 1. The molecule has 0 radical (unpaired) electrons. The lowest BCUT2D eigenvalue weighted by molar-refractivity contribution is -0.385. The van der Waals surface area contributed by atoms with Crippen LogP contribution >= 0.6 is 0 Å². The van der Waals surface area contributed by atoms with E-state index >= 15 is 0 Å². The molecule has 0 aliphatic heterocycles. The monoisotopic (exact) mass is 500 g/mol. The van der Waals surface area contributed by atoms with E-state index in [4.69, 9.17) is 9.72 Å². The van der Waals surface area contributed by atoms with Gasteiger partial charge in [-0.15, -0.1) is 0 Å². The van der Waals surface area contributed by atoms with Gasteiger partial charge in [-0.1, -0.05) is 45.0 Å². The van der Waals surface area contributed by atoms with Gasteiger partial charge in [-0.25, -0.2) is 9.78 Å². The van der Waals surface area contributed by atoms with Crippen molar-refractivity contribution in [1.82, 2.24) is 9.38 Å². The van der Waals surface area contributed by atoms with Gasteiger partial charge < -0.3 is 10.1 Å². The summed E-state index contributed by atoms with van der Waals surface area (Å²) in [7, 11) is 0. The van der Waals surface area contributed by atoms with Crippen molar-refractivity contribution in [1.29, 1.82) is 0 Å². The third-order valence-electron chi connectivity index (χ3n) is 5.95. The summed E-state index contributed by atoms with van der Waals surface area (Å²) in [4.78, 5) is 28.8. The first-order valence-corrected chi connectivity index (χ1v) is 12.2. The summed E-state index contributed by atoms with van der Waals surface area (Å²) in [5, 5.41) is 15.0. The Kier molecular flexibility index (Phi) is 6.78. The van der Waals surface area contributed by atoms with Crippen LogP contribution in [0.25, 0.3) is 16.9 Å². The molecule has 192 valence electrons. The number of nitrogens with zero attached hydrogens (tertiary/aromatic N) is 3. The lowest BCUT2D eigenvalue weighted by Crippen LogP contribution is -2.36. The molecule has 4 aromatic rings. The first kappa shape index (κ1) is 25.9. The van der Waals surface area contributed by atoms with E-state index in [0.717, 1.165) is 17.9 Å². The van der Waals surface area contributed by atoms with Crippen molar-refractivity contribution in [2.75, 3.05) is 5.32 Å². The van der Waals surface area contributed by atoms with Gasteiger partial charge in [0.25, 0.3) is 5.69 Å². The molecule has 2 heterocycles. The van der Waals surface area contributed by atoms with E-state index in [2.05, 4.69) is 39.9 Å². The number of fused-ring (bicyclic) bond motifs is 1. The number of esters is 1. The molecule has 0 saturated heterocycles. The molecule has 37 heavy (non-hydrogen) atoms. The zero-order valence-corrected chi connectivity index (χ0v) is 22.0. The molecule has 0 atom stereocenters. The Morgan fingerprint density at radius 2 is 1.76 bits per heavy atom.